The van der Waals surface area contributed by atoms with Gasteiger partial charge in [-0.1, -0.05) is 48.0 Å². The Morgan fingerprint density at radius 2 is 1.73 bits per heavy atom. The van der Waals surface area contributed by atoms with E-state index in [0.717, 1.165) is 23.9 Å². The maximum absolute atomic E-state index is 10.4. The Balaban J connectivity index is 1.44. The van der Waals surface area contributed by atoms with Gasteiger partial charge in [-0.3, -0.25) is 0 Å². The van der Waals surface area contributed by atoms with Gasteiger partial charge in [0.1, 0.15) is 0 Å². The molecule has 0 aliphatic heterocycles. The van der Waals surface area contributed by atoms with Crippen LogP contribution in [0.2, 0.25) is 0 Å². The molecule has 0 radical (unpaired) electrons. The van der Waals surface area contributed by atoms with Crippen LogP contribution < -0.4 is 5.32 Å². The molecule has 2 heteroatoms. The quantitative estimate of drug-likeness (QED) is 0.749. The van der Waals surface area contributed by atoms with E-state index < -0.39 is 6.10 Å². The SMILES string of the molecule is Cc1cccc(C(O)CNCC2CCC(c3cccc(C)c3C)CC2)c1. The molecule has 0 bridgehead atoms. The lowest BCUT2D eigenvalue weighted by Crippen LogP contribution is -2.29. The fraction of sp³-hybridized carbons (Fsp3) is 0.500. The third-order valence-electron chi connectivity index (χ3n) is 6.13. The van der Waals surface area contributed by atoms with Crippen molar-refractivity contribution < 1.29 is 5.11 Å². The van der Waals surface area contributed by atoms with Gasteiger partial charge in [-0.25, -0.2) is 0 Å². The van der Waals surface area contributed by atoms with Crippen LogP contribution in [0.15, 0.2) is 42.5 Å². The molecule has 1 aliphatic rings. The van der Waals surface area contributed by atoms with Crippen LogP contribution >= 0.6 is 0 Å². The van der Waals surface area contributed by atoms with E-state index in [1.165, 1.54) is 42.4 Å². The highest BCUT2D eigenvalue weighted by atomic mass is 16.3. The van der Waals surface area contributed by atoms with Gasteiger partial charge in [-0.05, 0) is 87.1 Å². The summed E-state index contributed by atoms with van der Waals surface area (Å²) in [5, 5.41) is 13.9. The molecular weight excluding hydrogens is 318 g/mol. The molecule has 1 fully saturated rings. The zero-order valence-electron chi connectivity index (χ0n) is 16.5. The zero-order valence-corrected chi connectivity index (χ0v) is 16.5. The largest absolute Gasteiger partial charge is 0.387 e. The van der Waals surface area contributed by atoms with Crippen LogP contribution in [-0.4, -0.2) is 18.2 Å². The Bertz CT molecular complexity index is 716. The number of aliphatic hydroxyl groups excluding tert-OH is 1. The maximum Gasteiger partial charge on any atom is 0.0914 e. The van der Waals surface area contributed by atoms with Crippen LogP contribution in [0.3, 0.4) is 0 Å². The third kappa shape index (κ3) is 4.75. The van der Waals surface area contributed by atoms with Crippen molar-refractivity contribution in [2.24, 2.45) is 5.92 Å². The molecule has 0 aromatic heterocycles. The van der Waals surface area contributed by atoms with Crippen molar-refractivity contribution in [2.45, 2.75) is 58.5 Å². The van der Waals surface area contributed by atoms with E-state index in [2.05, 4.69) is 56.4 Å². The molecule has 0 saturated heterocycles. The summed E-state index contributed by atoms with van der Waals surface area (Å²) in [5.74, 6) is 1.46. The van der Waals surface area contributed by atoms with Crippen molar-refractivity contribution in [3.63, 3.8) is 0 Å². The van der Waals surface area contributed by atoms with Gasteiger partial charge in [0.2, 0.25) is 0 Å². The molecule has 2 aromatic carbocycles. The van der Waals surface area contributed by atoms with E-state index in [9.17, 15) is 5.11 Å². The first kappa shape index (κ1) is 19.1. The van der Waals surface area contributed by atoms with Crippen molar-refractivity contribution in [3.8, 4) is 0 Å². The first-order chi connectivity index (χ1) is 12.5. The smallest absolute Gasteiger partial charge is 0.0914 e. The molecule has 1 atom stereocenters. The van der Waals surface area contributed by atoms with Gasteiger partial charge in [0.25, 0.3) is 0 Å². The van der Waals surface area contributed by atoms with Crippen LogP contribution in [0.25, 0.3) is 0 Å². The summed E-state index contributed by atoms with van der Waals surface area (Å²) in [6.45, 7) is 8.21. The predicted octanol–water partition coefficient (Wildman–Crippen LogP) is 5.21. The van der Waals surface area contributed by atoms with Gasteiger partial charge in [-0.15, -0.1) is 0 Å². The molecule has 1 aliphatic carbocycles. The van der Waals surface area contributed by atoms with Crippen LogP contribution in [0.4, 0.5) is 0 Å². The number of rotatable bonds is 6. The fourth-order valence-corrected chi connectivity index (χ4v) is 4.31. The number of benzene rings is 2. The number of aliphatic hydroxyl groups is 1. The Labute approximate surface area is 158 Å². The van der Waals surface area contributed by atoms with Crippen molar-refractivity contribution in [2.75, 3.05) is 13.1 Å². The molecule has 1 unspecified atom stereocenters. The molecule has 26 heavy (non-hydrogen) atoms. The number of hydrogen-bond donors (Lipinski definition) is 2. The molecule has 2 N–H and O–H groups in total. The number of hydrogen-bond acceptors (Lipinski definition) is 2. The number of aryl methyl sites for hydroxylation is 2. The van der Waals surface area contributed by atoms with Crippen molar-refractivity contribution in [3.05, 3.63) is 70.3 Å². The van der Waals surface area contributed by atoms with Gasteiger partial charge >= 0.3 is 0 Å². The fourth-order valence-electron chi connectivity index (χ4n) is 4.31. The lowest BCUT2D eigenvalue weighted by Gasteiger charge is -2.30. The monoisotopic (exact) mass is 351 g/mol. The molecule has 2 aromatic rings. The second kappa shape index (κ2) is 8.83. The minimum atomic E-state index is -0.416. The zero-order chi connectivity index (χ0) is 18.5. The first-order valence-corrected chi connectivity index (χ1v) is 10.1. The lowest BCUT2D eigenvalue weighted by molar-refractivity contribution is 0.170. The van der Waals surface area contributed by atoms with Gasteiger partial charge < -0.3 is 10.4 Å². The summed E-state index contributed by atoms with van der Waals surface area (Å²) in [6, 6.07) is 14.9. The van der Waals surface area contributed by atoms with Crippen LogP contribution in [0.1, 0.15) is 65.5 Å². The number of nitrogens with one attached hydrogen (secondary N) is 1. The molecule has 0 heterocycles. The molecule has 140 valence electrons. The third-order valence-corrected chi connectivity index (χ3v) is 6.13. The normalized spacial score (nSPS) is 21.5. The Kier molecular flexibility index (Phi) is 6.50. The van der Waals surface area contributed by atoms with Crippen molar-refractivity contribution >= 4 is 0 Å². The van der Waals surface area contributed by atoms with Gasteiger partial charge in [0.15, 0.2) is 0 Å². The van der Waals surface area contributed by atoms with E-state index in [-0.39, 0.29) is 0 Å². The van der Waals surface area contributed by atoms with Crippen LogP contribution in [-0.2, 0) is 0 Å². The Morgan fingerprint density at radius 1 is 1.00 bits per heavy atom. The minimum Gasteiger partial charge on any atom is -0.387 e. The standard InChI is InChI=1S/C24H33NO/c1-17-6-4-8-22(14-17)24(26)16-25-15-20-10-12-21(13-11-20)23-9-5-7-18(2)19(23)3/h4-9,14,20-21,24-26H,10-13,15-16H2,1-3H3. The minimum absolute atomic E-state index is 0.416. The second-order valence-electron chi connectivity index (χ2n) is 8.09. The highest BCUT2D eigenvalue weighted by Gasteiger charge is 2.23. The van der Waals surface area contributed by atoms with Gasteiger partial charge in [0.05, 0.1) is 6.10 Å². The molecule has 0 amide bonds. The Hall–Kier alpha value is -1.64. The van der Waals surface area contributed by atoms with Crippen LogP contribution in [0.5, 0.6) is 0 Å². The van der Waals surface area contributed by atoms with Crippen LogP contribution in [0, 0.1) is 26.7 Å². The predicted molar refractivity (Wildman–Crippen MR) is 110 cm³/mol. The lowest BCUT2D eigenvalue weighted by atomic mass is 9.77. The average molecular weight is 352 g/mol. The summed E-state index contributed by atoms with van der Waals surface area (Å²) in [7, 11) is 0. The molecule has 0 spiro atoms. The maximum atomic E-state index is 10.4. The van der Waals surface area contributed by atoms with Crippen molar-refractivity contribution in [1.82, 2.24) is 5.32 Å². The van der Waals surface area contributed by atoms with E-state index in [0.29, 0.717) is 6.54 Å². The molecule has 3 rings (SSSR count). The molecular formula is C24H33NO. The molecule has 1 saturated carbocycles. The van der Waals surface area contributed by atoms with Gasteiger partial charge in [-0.2, -0.15) is 0 Å². The molecule has 2 nitrogen and oxygen atoms in total. The van der Waals surface area contributed by atoms with E-state index in [1.54, 1.807) is 5.56 Å². The summed E-state index contributed by atoms with van der Waals surface area (Å²) in [5.41, 5.74) is 6.67. The van der Waals surface area contributed by atoms with Gasteiger partial charge in [0, 0.05) is 6.54 Å². The summed E-state index contributed by atoms with van der Waals surface area (Å²) >= 11 is 0. The Morgan fingerprint density at radius 3 is 2.46 bits per heavy atom. The summed E-state index contributed by atoms with van der Waals surface area (Å²) in [6.07, 6.45) is 4.73. The highest BCUT2D eigenvalue weighted by Crippen LogP contribution is 2.37. The van der Waals surface area contributed by atoms with E-state index >= 15 is 0 Å². The van der Waals surface area contributed by atoms with E-state index in [1.807, 2.05) is 12.1 Å². The summed E-state index contributed by atoms with van der Waals surface area (Å²) in [4.78, 5) is 0. The van der Waals surface area contributed by atoms with E-state index in [4.69, 9.17) is 0 Å². The highest BCUT2D eigenvalue weighted by molar-refractivity contribution is 5.35. The summed E-state index contributed by atoms with van der Waals surface area (Å²) < 4.78 is 0. The second-order valence-corrected chi connectivity index (χ2v) is 8.09. The first-order valence-electron chi connectivity index (χ1n) is 10.1. The average Bonchev–Trinajstić information content (AvgIpc) is 2.64. The van der Waals surface area contributed by atoms with Crippen molar-refractivity contribution in [1.29, 1.82) is 0 Å². The topological polar surface area (TPSA) is 32.3 Å².